The topological polar surface area (TPSA) is 147 Å². The van der Waals surface area contributed by atoms with Crippen LogP contribution in [0.1, 0.15) is 18.1 Å². The van der Waals surface area contributed by atoms with Gasteiger partial charge in [-0.2, -0.15) is 5.26 Å². The summed E-state index contributed by atoms with van der Waals surface area (Å²) in [6, 6.07) is 1.81. The predicted molar refractivity (Wildman–Crippen MR) is 80.4 cm³/mol. The Morgan fingerprint density at radius 1 is 1.57 bits per heavy atom. The van der Waals surface area contributed by atoms with Gasteiger partial charge in [-0.25, -0.2) is 4.98 Å². The van der Waals surface area contributed by atoms with E-state index >= 15 is 0 Å². The van der Waals surface area contributed by atoms with Crippen molar-refractivity contribution < 1.29 is 10.0 Å². The fourth-order valence-corrected chi connectivity index (χ4v) is 2.38. The summed E-state index contributed by atoms with van der Waals surface area (Å²) < 4.78 is 0.990. The van der Waals surface area contributed by atoms with E-state index in [1.54, 1.807) is 6.92 Å². The Bertz CT molecular complexity index is 907. The van der Waals surface area contributed by atoms with Crippen LogP contribution in [0.25, 0.3) is 0 Å². The van der Waals surface area contributed by atoms with E-state index in [4.69, 9.17) is 5.26 Å². The van der Waals surface area contributed by atoms with Gasteiger partial charge in [-0.3, -0.25) is 19.5 Å². The molecule has 2 aromatic rings. The molecule has 0 aliphatic heterocycles. The highest BCUT2D eigenvalue weighted by Crippen LogP contribution is 2.30. The van der Waals surface area contributed by atoms with Gasteiger partial charge < -0.3 is 5.11 Å². The number of thiazole rings is 1. The Labute approximate surface area is 133 Å². The highest BCUT2D eigenvalue weighted by molar-refractivity contribution is 7.18. The fourth-order valence-electron chi connectivity index (χ4n) is 1.83. The van der Waals surface area contributed by atoms with Crippen molar-refractivity contribution in [1.29, 1.82) is 5.26 Å². The average molecular weight is 334 g/mol. The van der Waals surface area contributed by atoms with E-state index < -0.39 is 16.4 Å². The lowest BCUT2D eigenvalue weighted by Crippen LogP contribution is -2.20. The Hall–Kier alpha value is -3.13. The van der Waals surface area contributed by atoms with Gasteiger partial charge in [0.2, 0.25) is 11.0 Å². The second-order valence-corrected chi connectivity index (χ2v) is 5.26. The average Bonchev–Trinajstić information content (AvgIpc) is 2.97. The molecule has 2 heterocycles. The molecule has 0 aliphatic rings. The van der Waals surface area contributed by atoms with Gasteiger partial charge >= 0.3 is 5.00 Å². The number of hydrogen-bond donors (Lipinski definition) is 1. The SMILES string of the molecule is CCn1c(O)c(C#N)c(C)c(N=Nc2ncc([N+](=O)[O-])s2)c1=O. The molecule has 0 unspecified atom stereocenters. The summed E-state index contributed by atoms with van der Waals surface area (Å²) in [4.78, 5) is 25.9. The van der Waals surface area contributed by atoms with Crippen LogP contribution < -0.4 is 5.56 Å². The van der Waals surface area contributed by atoms with Crippen molar-refractivity contribution >= 4 is 27.2 Å². The minimum absolute atomic E-state index is 0.00475. The van der Waals surface area contributed by atoms with Crippen LogP contribution >= 0.6 is 11.3 Å². The zero-order valence-electron chi connectivity index (χ0n) is 12.0. The minimum Gasteiger partial charge on any atom is -0.493 e. The van der Waals surface area contributed by atoms with Crippen molar-refractivity contribution in [3.63, 3.8) is 0 Å². The van der Waals surface area contributed by atoms with E-state index in [0.717, 1.165) is 10.8 Å². The number of nitro groups is 1. The van der Waals surface area contributed by atoms with Gasteiger partial charge in [0.1, 0.15) is 17.8 Å². The maximum absolute atomic E-state index is 12.3. The number of nitriles is 1. The summed E-state index contributed by atoms with van der Waals surface area (Å²) >= 11 is 0.701. The van der Waals surface area contributed by atoms with E-state index in [9.17, 15) is 20.0 Å². The van der Waals surface area contributed by atoms with Crippen molar-refractivity contribution in [3.05, 3.63) is 37.8 Å². The highest BCUT2D eigenvalue weighted by Gasteiger charge is 2.18. The number of azo groups is 1. The molecule has 0 aliphatic carbocycles. The van der Waals surface area contributed by atoms with Gasteiger partial charge in [0.05, 0.1) is 4.92 Å². The molecule has 23 heavy (non-hydrogen) atoms. The first-order chi connectivity index (χ1) is 10.9. The molecule has 0 spiro atoms. The summed E-state index contributed by atoms with van der Waals surface area (Å²) in [6.07, 6.45) is 1.04. The van der Waals surface area contributed by atoms with Crippen molar-refractivity contribution in [3.8, 4) is 11.9 Å². The van der Waals surface area contributed by atoms with Crippen LogP contribution in [0, 0.1) is 28.4 Å². The zero-order chi connectivity index (χ0) is 17.1. The largest absolute Gasteiger partial charge is 0.493 e. The molecule has 0 saturated heterocycles. The van der Waals surface area contributed by atoms with Gasteiger partial charge in [-0.15, -0.1) is 10.2 Å². The summed E-state index contributed by atoms with van der Waals surface area (Å²) in [5.74, 6) is -0.429. The minimum atomic E-state index is -0.615. The van der Waals surface area contributed by atoms with Crippen molar-refractivity contribution in [2.24, 2.45) is 10.2 Å². The van der Waals surface area contributed by atoms with Gasteiger partial charge in [0.15, 0.2) is 5.69 Å². The second kappa shape index (κ2) is 6.32. The van der Waals surface area contributed by atoms with E-state index in [1.165, 1.54) is 6.92 Å². The Balaban J connectivity index is 2.55. The Morgan fingerprint density at radius 2 is 2.26 bits per heavy atom. The molecule has 11 heteroatoms. The highest BCUT2D eigenvalue weighted by atomic mass is 32.1. The van der Waals surface area contributed by atoms with Crippen LogP contribution in [0.5, 0.6) is 5.88 Å². The molecule has 10 nitrogen and oxygen atoms in total. The molecule has 118 valence electrons. The van der Waals surface area contributed by atoms with Crippen molar-refractivity contribution in [2.75, 3.05) is 0 Å². The second-order valence-electron chi connectivity index (χ2n) is 4.27. The first kappa shape index (κ1) is 16.2. The van der Waals surface area contributed by atoms with E-state index in [1.807, 2.05) is 6.07 Å². The molecule has 0 aromatic carbocycles. The number of nitrogens with zero attached hydrogens (tertiary/aromatic N) is 6. The summed E-state index contributed by atoms with van der Waals surface area (Å²) in [7, 11) is 0. The van der Waals surface area contributed by atoms with Crippen LogP contribution in [0.4, 0.5) is 15.8 Å². The number of aromatic nitrogens is 2. The lowest BCUT2D eigenvalue weighted by Gasteiger charge is -2.10. The van der Waals surface area contributed by atoms with E-state index in [2.05, 4.69) is 15.2 Å². The van der Waals surface area contributed by atoms with Crippen molar-refractivity contribution in [1.82, 2.24) is 9.55 Å². The summed E-state index contributed by atoms with van der Waals surface area (Å²) in [5.41, 5.74) is -0.643. The molecule has 0 bridgehead atoms. The van der Waals surface area contributed by atoms with Gasteiger partial charge in [-0.1, -0.05) is 0 Å². The molecule has 0 radical (unpaired) electrons. The fraction of sp³-hybridized carbons (Fsp3) is 0.250. The maximum atomic E-state index is 12.3. The van der Waals surface area contributed by atoms with Crippen LogP contribution in [0.2, 0.25) is 0 Å². The van der Waals surface area contributed by atoms with Gasteiger partial charge in [-0.05, 0) is 25.2 Å². The molecule has 0 saturated carbocycles. The lowest BCUT2D eigenvalue weighted by molar-refractivity contribution is -0.380. The molecule has 0 atom stereocenters. The normalized spacial score (nSPS) is 10.8. The first-order valence-corrected chi connectivity index (χ1v) is 7.10. The third kappa shape index (κ3) is 2.92. The quantitative estimate of drug-likeness (QED) is 0.516. The van der Waals surface area contributed by atoms with Gasteiger partial charge in [0.25, 0.3) is 5.56 Å². The number of hydrogen-bond acceptors (Lipinski definition) is 9. The van der Waals surface area contributed by atoms with E-state index in [-0.39, 0.29) is 33.5 Å². The predicted octanol–water partition coefficient (Wildman–Crippen LogP) is 2.53. The Kier molecular flexibility index (Phi) is 4.47. The zero-order valence-corrected chi connectivity index (χ0v) is 12.9. The molecule has 0 fully saturated rings. The number of aromatic hydroxyl groups is 1. The third-order valence-corrected chi connectivity index (χ3v) is 3.82. The van der Waals surface area contributed by atoms with Crippen LogP contribution in [-0.4, -0.2) is 19.6 Å². The third-order valence-electron chi connectivity index (χ3n) is 2.98. The number of rotatable bonds is 4. The molecule has 2 rings (SSSR count). The van der Waals surface area contributed by atoms with Crippen LogP contribution in [-0.2, 0) is 6.54 Å². The monoisotopic (exact) mass is 334 g/mol. The molecule has 1 N–H and O–H groups in total. The van der Waals surface area contributed by atoms with Crippen molar-refractivity contribution in [2.45, 2.75) is 20.4 Å². The smallest absolute Gasteiger partial charge is 0.345 e. The molecular formula is C12H10N6O4S. The Morgan fingerprint density at radius 3 is 2.78 bits per heavy atom. The molecule has 2 aromatic heterocycles. The standard InChI is InChI=1S/C12H10N6O4S/c1-3-17-10(19)7(4-13)6(2)9(11(17)20)15-16-12-14-5-8(23-12)18(21)22/h5,19H,3H2,1-2H3. The summed E-state index contributed by atoms with van der Waals surface area (Å²) in [6.45, 7) is 3.23. The van der Waals surface area contributed by atoms with Crippen LogP contribution in [0.3, 0.4) is 0 Å². The first-order valence-electron chi connectivity index (χ1n) is 6.29. The van der Waals surface area contributed by atoms with Gasteiger partial charge in [0, 0.05) is 12.1 Å². The number of pyridine rings is 1. The maximum Gasteiger partial charge on any atom is 0.345 e. The molecule has 0 amide bonds. The molecular weight excluding hydrogens is 324 g/mol. The lowest BCUT2D eigenvalue weighted by atomic mass is 10.1. The van der Waals surface area contributed by atoms with E-state index in [0.29, 0.717) is 11.3 Å². The summed E-state index contributed by atoms with van der Waals surface area (Å²) in [5, 5.41) is 36.9. The van der Waals surface area contributed by atoms with Crippen LogP contribution in [0.15, 0.2) is 21.2 Å².